The molecule has 0 spiro atoms. The summed E-state index contributed by atoms with van der Waals surface area (Å²) in [6.07, 6.45) is 0. The maximum absolute atomic E-state index is 11.9. The molecule has 0 aromatic heterocycles. The summed E-state index contributed by atoms with van der Waals surface area (Å²) < 4.78 is 5.41. The highest BCUT2D eigenvalue weighted by atomic mass is 35.5. The van der Waals surface area contributed by atoms with Crippen molar-refractivity contribution in [1.29, 1.82) is 0 Å². The van der Waals surface area contributed by atoms with Crippen molar-refractivity contribution < 1.29 is 24.5 Å². The van der Waals surface area contributed by atoms with Crippen molar-refractivity contribution in [2.24, 2.45) is 0 Å². The Hall–Kier alpha value is -2.73. The van der Waals surface area contributed by atoms with E-state index in [-0.39, 0.29) is 23.6 Å². The fourth-order valence-corrected chi connectivity index (χ4v) is 2.20. The maximum Gasteiger partial charge on any atom is 0.335 e. The lowest BCUT2D eigenvalue weighted by atomic mass is 10.1. The molecule has 0 aliphatic carbocycles. The fourth-order valence-electron chi connectivity index (χ4n) is 2.10. The first kappa shape index (κ1) is 17.6. The normalized spacial score (nSPS) is 10.3. The predicted molar refractivity (Wildman–Crippen MR) is 90.1 cm³/mol. The Morgan fingerprint density at radius 2 is 1.79 bits per heavy atom. The highest BCUT2D eigenvalue weighted by Gasteiger charge is 2.11. The molecule has 0 aliphatic heterocycles. The van der Waals surface area contributed by atoms with E-state index in [2.05, 4.69) is 5.32 Å². The number of benzene rings is 2. The van der Waals surface area contributed by atoms with Crippen molar-refractivity contribution in [3.63, 3.8) is 0 Å². The summed E-state index contributed by atoms with van der Waals surface area (Å²) in [4.78, 5) is 22.7. The molecule has 0 unspecified atom stereocenters. The van der Waals surface area contributed by atoms with Gasteiger partial charge in [-0.1, -0.05) is 11.6 Å². The highest BCUT2D eigenvalue weighted by Crippen LogP contribution is 2.26. The Kier molecular flexibility index (Phi) is 5.31. The van der Waals surface area contributed by atoms with Crippen LogP contribution in [0.25, 0.3) is 0 Å². The number of hydrogen-bond acceptors (Lipinski definition) is 4. The number of carboxylic acid groups (broad SMARTS) is 1. The third kappa shape index (κ3) is 4.17. The molecule has 7 heteroatoms. The van der Waals surface area contributed by atoms with Gasteiger partial charge >= 0.3 is 5.97 Å². The Balaban J connectivity index is 2.00. The second-order valence-electron chi connectivity index (χ2n) is 5.24. The zero-order chi connectivity index (χ0) is 17.9. The molecule has 3 N–H and O–H groups in total. The first-order valence-electron chi connectivity index (χ1n) is 7.03. The third-order valence-electron chi connectivity index (χ3n) is 3.30. The molecule has 0 bridgehead atoms. The highest BCUT2D eigenvalue weighted by molar-refractivity contribution is 6.32. The second-order valence-corrected chi connectivity index (χ2v) is 5.62. The Morgan fingerprint density at radius 1 is 1.17 bits per heavy atom. The number of rotatable bonds is 5. The average molecular weight is 350 g/mol. The SMILES string of the molecule is Cc1cc(OCC(=O)Nc2ccc(C(=O)O)cc2O)cc(C)c1Cl. The number of amides is 1. The second kappa shape index (κ2) is 7.23. The molecule has 0 saturated carbocycles. The van der Waals surface area contributed by atoms with Gasteiger partial charge in [0.05, 0.1) is 11.3 Å². The number of aromatic carboxylic acids is 1. The number of ether oxygens (including phenoxy) is 1. The van der Waals surface area contributed by atoms with Gasteiger partial charge in [0.2, 0.25) is 0 Å². The van der Waals surface area contributed by atoms with Crippen LogP contribution >= 0.6 is 11.6 Å². The molecule has 1 amide bonds. The summed E-state index contributed by atoms with van der Waals surface area (Å²) in [5.41, 5.74) is 1.72. The van der Waals surface area contributed by atoms with Crippen molar-refractivity contribution in [2.75, 3.05) is 11.9 Å². The van der Waals surface area contributed by atoms with E-state index < -0.39 is 11.9 Å². The van der Waals surface area contributed by atoms with Crippen molar-refractivity contribution in [2.45, 2.75) is 13.8 Å². The van der Waals surface area contributed by atoms with E-state index in [0.29, 0.717) is 10.8 Å². The number of nitrogens with one attached hydrogen (secondary N) is 1. The molecular formula is C17H16ClNO5. The van der Waals surface area contributed by atoms with Gasteiger partial charge in [-0.25, -0.2) is 4.79 Å². The van der Waals surface area contributed by atoms with E-state index in [0.717, 1.165) is 17.2 Å². The van der Waals surface area contributed by atoms with Crippen molar-refractivity contribution in [1.82, 2.24) is 0 Å². The van der Waals surface area contributed by atoms with E-state index in [1.54, 1.807) is 12.1 Å². The van der Waals surface area contributed by atoms with Crippen LogP contribution in [0.5, 0.6) is 11.5 Å². The molecule has 0 saturated heterocycles. The molecule has 2 aromatic carbocycles. The number of aromatic hydroxyl groups is 1. The van der Waals surface area contributed by atoms with Crippen LogP contribution in [0.4, 0.5) is 5.69 Å². The molecule has 2 aromatic rings. The Bertz CT molecular complexity index is 781. The number of phenols is 1. The van der Waals surface area contributed by atoms with Crippen LogP contribution in [-0.4, -0.2) is 28.7 Å². The number of phenolic OH excluding ortho intramolecular Hbond substituents is 1. The number of hydrogen-bond donors (Lipinski definition) is 3. The van der Waals surface area contributed by atoms with E-state index in [9.17, 15) is 14.7 Å². The zero-order valence-corrected chi connectivity index (χ0v) is 13.8. The number of carbonyl (C=O) groups is 2. The van der Waals surface area contributed by atoms with Crippen LogP contribution in [0.1, 0.15) is 21.5 Å². The van der Waals surface area contributed by atoms with Gasteiger partial charge in [0.1, 0.15) is 11.5 Å². The van der Waals surface area contributed by atoms with Crippen LogP contribution in [-0.2, 0) is 4.79 Å². The lowest BCUT2D eigenvalue weighted by molar-refractivity contribution is -0.118. The molecule has 0 aliphatic rings. The number of aryl methyl sites for hydroxylation is 2. The molecule has 0 atom stereocenters. The minimum Gasteiger partial charge on any atom is -0.506 e. The molecule has 0 fully saturated rings. The van der Waals surface area contributed by atoms with Crippen LogP contribution in [0, 0.1) is 13.8 Å². The van der Waals surface area contributed by atoms with Crippen LogP contribution < -0.4 is 10.1 Å². The van der Waals surface area contributed by atoms with E-state index in [1.165, 1.54) is 12.1 Å². The largest absolute Gasteiger partial charge is 0.506 e. The van der Waals surface area contributed by atoms with Gasteiger partial charge in [-0.05, 0) is 55.3 Å². The van der Waals surface area contributed by atoms with Gasteiger partial charge in [0, 0.05) is 5.02 Å². The number of halogens is 1. The standard InChI is InChI=1S/C17H16ClNO5/c1-9-5-12(6-10(2)16(9)18)24-8-15(21)19-13-4-3-11(17(22)23)7-14(13)20/h3-7,20H,8H2,1-2H3,(H,19,21)(H,22,23). The molecule has 2 rings (SSSR count). The molecule has 24 heavy (non-hydrogen) atoms. The molecular weight excluding hydrogens is 334 g/mol. The number of anilines is 1. The molecule has 0 heterocycles. The summed E-state index contributed by atoms with van der Waals surface area (Å²) in [6, 6.07) is 7.10. The minimum atomic E-state index is -1.17. The van der Waals surface area contributed by atoms with Crippen molar-refractivity contribution in [3.8, 4) is 11.5 Å². The zero-order valence-electron chi connectivity index (χ0n) is 13.1. The van der Waals surface area contributed by atoms with Gasteiger partial charge in [0.25, 0.3) is 5.91 Å². The van der Waals surface area contributed by atoms with Crippen LogP contribution in [0.2, 0.25) is 5.02 Å². The summed E-state index contributed by atoms with van der Waals surface area (Å²) >= 11 is 6.07. The third-order valence-corrected chi connectivity index (χ3v) is 3.89. The first-order valence-corrected chi connectivity index (χ1v) is 7.41. The quantitative estimate of drug-likeness (QED) is 0.719. The number of carboxylic acids is 1. The van der Waals surface area contributed by atoms with Gasteiger partial charge in [0.15, 0.2) is 6.61 Å². The lowest BCUT2D eigenvalue weighted by Crippen LogP contribution is -2.20. The van der Waals surface area contributed by atoms with Gasteiger partial charge in [-0.15, -0.1) is 0 Å². The summed E-state index contributed by atoms with van der Waals surface area (Å²) in [6.45, 7) is 3.41. The van der Waals surface area contributed by atoms with E-state index in [1.807, 2.05) is 13.8 Å². The topological polar surface area (TPSA) is 95.9 Å². The van der Waals surface area contributed by atoms with Crippen molar-refractivity contribution >= 4 is 29.2 Å². The lowest BCUT2D eigenvalue weighted by Gasteiger charge is -2.11. The summed E-state index contributed by atoms with van der Waals surface area (Å²) in [7, 11) is 0. The van der Waals surface area contributed by atoms with Crippen LogP contribution in [0.15, 0.2) is 30.3 Å². The minimum absolute atomic E-state index is 0.0751. The summed E-state index contributed by atoms with van der Waals surface area (Å²) in [5, 5.41) is 21.7. The smallest absolute Gasteiger partial charge is 0.335 e. The van der Waals surface area contributed by atoms with Crippen LogP contribution in [0.3, 0.4) is 0 Å². The van der Waals surface area contributed by atoms with Gasteiger partial charge < -0.3 is 20.3 Å². The molecule has 6 nitrogen and oxygen atoms in total. The van der Waals surface area contributed by atoms with E-state index in [4.69, 9.17) is 21.4 Å². The Labute approximate surface area is 143 Å². The maximum atomic E-state index is 11.9. The Morgan fingerprint density at radius 3 is 2.33 bits per heavy atom. The molecule has 126 valence electrons. The van der Waals surface area contributed by atoms with Gasteiger partial charge in [-0.3, -0.25) is 4.79 Å². The van der Waals surface area contributed by atoms with Gasteiger partial charge in [-0.2, -0.15) is 0 Å². The fraction of sp³-hybridized carbons (Fsp3) is 0.176. The number of carbonyl (C=O) groups excluding carboxylic acids is 1. The monoisotopic (exact) mass is 349 g/mol. The van der Waals surface area contributed by atoms with Crippen molar-refractivity contribution in [3.05, 3.63) is 52.0 Å². The predicted octanol–water partition coefficient (Wildman–Crippen LogP) is 3.38. The summed E-state index contributed by atoms with van der Waals surface area (Å²) in [5.74, 6) is -1.48. The first-order chi connectivity index (χ1) is 11.3. The average Bonchev–Trinajstić information content (AvgIpc) is 2.52. The van der Waals surface area contributed by atoms with E-state index >= 15 is 0 Å². The molecule has 0 radical (unpaired) electrons.